The van der Waals surface area contributed by atoms with Crippen molar-refractivity contribution in [2.45, 2.75) is 31.8 Å². The Kier molecular flexibility index (Phi) is 3.51. The first-order valence-electron chi connectivity index (χ1n) is 6.98. The average Bonchev–Trinajstić information content (AvgIpc) is 2.44. The number of likely N-dealkylation sites (tertiary alicyclic amines) is 1. The topological polar surface area (TPSA) is 32.3 Å². The smallest absolute Gasteiger partial charge is 0.223 e. The highest BCUT2D eigenvalue weighted by molar-refractivity contribution is 5.77. The van der Waals surface area contributed by atoms with Crippen molar-refractivity contribution in [1.82, 2.24) is 10.2 Å². The van der Waals surface area contributed by atoms with Gasteiger partial charge in [-0.3, -0.25) is 4.79 Å². The molecule has 3 rings (SSSR count). The Morgan fingerprint density at radius 3 is 2.84 bits per heavy atom. The van der Waals surface area contributed by atoms with Gasteiger partial charge in [0.15, 0.2) is 0 Å². The summed E-state index contributed by atoms with van der Waals surface area (Å²) in [4.78, 5) is 14.2. The van der Waals surface area contributed by atoms with Crippen molar-refractivity contribution in [1.29, 1.82) is 0 Å². The van der Waals surface area contributed by atoms with Gasteiger partial charge < -0.3 is 10.2 Å². The van der Waals surface area contributed by atoms with Crippen molar-refractivity contribution in [3.8, 4) is 0 Å². The quantitative estimate of drug-likeness (QED) is 0.883. The number of halogens is 1. The number of hydrogen-bond donors (Lipinski definition) is 1. The molecule has 2 fully saturated rings. The lowest BCUT2D eigenvalue weighted by molar-refractivity contribution is -0.140. The number of fused-ring (bicyclic) bond motifs is 1. The minimum absolute atomic E-state index is 0.228. The lowest BCUT2D eigenvalue weighted by atomic mass is 9.84. The molecule has 0 bridgehead atoms. The molecule has 2 atom stereocenters. The van der Waals surface area contributed by atoms with Gasteiger partial charge in [0.1, 0.15) is 5.82 Å². The highest BCUT2D eigenvalue weighted by atomic mass is 19.1. The minimum atomic E-state index is -0.228. The Morgan fingerprint density at radius 1 is 1.26 bits per heavy atom. The molecular weight excluding hydrogens is 243 g/mol. The van der Waals surface area contributed by atoms with Crippen molar-refractivity contribution in [3.05, 3.63) is 35.6 Å². The highest BCUT2D eigenvalue weighted by Gasteiger charge is 2.36. The Morgan fingerprint density at radius 2 is 2.05 bits per heavy atom. The first-order valence-corrected chi connectivity index (χ1v) is 6.98. The third kappa shape index (κ3) is 2.63. The van der Waals surface area contributed by atoms with Crippen LogP contribution in [0.3, 0.4) is 0 Å². The molecule has 0 aromatic heterocycles. The summed E-state index contributed by atoms with van der Waals surface area (Å²) in [6, 6.07) is 6.82. The van der Waals surface area contributed by atoms with Crippen LogP contribution in [0.1, 0.15) is 24.8 Å². The normalized spacial score (nSPS) is 27.2. The van der Waals surface area contributed by atoms with E-state index in [1.807, 2.05) is 4.90 Å². The summed E-state index contributed by atoms with van der Waals surface area (Å²) >= 11 is 0. The first kappa shape index (κ1) is 12.6. The summed E-state index contributed by atoms with van der Waals surface area (Å²) in [6.07, 6.45) is 2.66. The Bertz CT molecular complexity index is 460. The minimum Gasteiger partial charge on any atom is -0.335 e. The molecule has 0 saturated carbocycles. The van der Waals surface area contributed by atoms with E-state index < -0.39 is 0 Å². The molecule has 2 aliphatic rings. The number of hydrogen-bond acceptors (Lipinski definition) is 2. The van der Waals surface area contributed by atoms with E-state index in [1.54, 1.807) is 12.1 Å². The van der Waals surface area contributed by atoms with E-state index in [0.29, 0.717) is 24.9 Å². The van der Waals surface area contributed by atoms with Crippen LogP contribution in [0, 0.1) is 11.7 Å². The van der Waals surface area contributed by atoms with Crippen LogP contribution in [0.2, 0.25) is 0 Å². The maximum atomic E-state index is 12.9. The first-order chi connectivity index (χ1) is 9.24. The maximum Gasteiger partial charge on any atom is 0.223 e. The van der Waals surface area contributed by atoms with Gasteiger partial charge in [-0.15, -0.1) is 0 Å². The molecule has 19 heavy (non-hydrogen) atoms. The second-order valence-electron chi connectivity index (χ2n) is 5.51. The van der Waals surface area contributed by atoms with E-state index in [2.05, 4.69) is 5.32 Å². The molecule has 1 aromatic rings. The van der Waals surface area contributed by atoms with Crippen LogP contribution in [-0.4, -0.2) is 29.9 Å². The largest absolute Gasteiger partial charge is 0.335 e. The van der Waals surface area contributed by atoms with Crippen molar-refractivity contribution >= 4 is 5.91 Å². The van der Waals surface area contributed by atoms with Gasteiger partial charge >= 0.3 is 0 Å². The van der Waals surface area contributed by atoms with E-state index in [1.165, 1.54) is 12.1 Å². The van der Waals surface area contributed by atoms with Crippen LogP contribution in [0.5, 0.6) is 0 Å². The van der Waals surface area contributed by atoms with E-state index in [-0.39, 0.29) is 11.7 Å². The number of carbonyl (C=O) groups is 1. The Balaban J connectivity index is 1.76. The molecule has 2 heterocycles. The number of nitrogens with one attached hydrogen (secondary N) is 1. The molecule has 2 saturated heterocycles. The summed E-state index contributed by atoms with van der Waals surface area (Å²) in [5.41, 5.74) is 1.01. The molecule has 1 aromatic carbocycles. The van der Waals surface area contributed by atoms with Gasteiger partial charge in [-0.2, -0.15) is 0 Å². The van der Waals surface area contributed by atoms with Crippen molar-refractivity contribution < 1.29 is 9.18 Å². The molecule has 102 valence electrons. The number of nitrogens with zero attached hydrogens (tertiary/aromatic N) is 1. The third-order valence-corrected chi connectivity index (χ3v) is 4.28. The Hall–Kier alpha value is -1.42. The fourth-order valence-corrected chi connectivity index (χ4v) is 3.24. The van der Waals surface area contributed by atoms with Crippen LogP contribution in [0.4, 0.5) is 4.39 Å². The predicted molar refractivity (Wildman–Crippen MR) is 70.9 cm³/mol. The number of piperidine rings is 2. The molecule has 4 heteroatoms. The van der Waals surface area contributed by atoms with Gasteiger partial charge in [0.2, 0.25) is 5.91 Å². The van der Waals surface area contributed by atoms with Crippen molar-refractivity contribution in [2.75, 3.05) is 13.1 Å². The summed E-state index contributed by atoms with van der Waals surface area (Å²) < 4.78 is 12.9. The summed E-state index contributed by atoms with van der Waals surface area (Å²) in [6.45, 7) is 2.60. The third-order valence-electron chi connectivity index (χ3n) is 4.28. The lowest BCUT2D eigenvalue weighted by Gasteiger charge is -2.44. The molecule has 0 unspecified atom stereocenters. The zero-order valence-electron chi connectivity index (χ0n) is 10.9. The molecule has 1 N–H and O–H groups in total. The maximum absolute atomic E-state index is 12.9. The van der Waals surface area contributed by atoms with Crippen molar-refractivity contribution in [2.24, 2.45) is 5.92 Å². The Labute approximate surface area is 112 Å². The number of amides is 1. The lowest BCUT2D eigenvalue weighted by Crippen LogP contribution is -2.54. The summed E-state index contributed by atoms with van der Waals surface area (Å²) in [5.74, 6) is 0.591. The summed E-state index contributed by atoms with van der Waals surface area (Å²) in [5, 5.41) is 3.40. The standard InChI is InChI=1S/C15H19FN2O/c16-13-4-1-11(2-5-13)10-18-14-7-8-17-9-12(14)3-6-15(18)19/h1-2,4-5,12,14,17H,3,6-10H2/t12-,14+/m1/s1. The number of rotatable bonds is 2. The molecule has 1 amide bonds. The zero-order chi connectivity index (χ0) is 13.2. The highest BCUT2D eigenvalue weighted by Crippen LogP contribution is 2.29. The second kappa shape index (κ2) is 5.29. The van der Waals surface area contributed by atoms with Crippen LogP contribution in [0.25, 0.3) is 0 Å². The van der Waals surface area contributed by atoms with Crippen LogP contribution in [-0.2, 0) is 11.3 Å². The SMILES string of the molecule is O=C1CC[C@@H]2CNCC[C@@H]2N1Cc1ccc(F)cc1. The van der Waals surface area contributed by atoms with E-state index >= 15 is 0 Å². The van der Waals surface area contributed by atoms with Gasteiger partial charge in [0.05, 0.1) is 0 Å². The van der Waals surface area contributed by atoms with Gasteiger partial charge in [0, 0.05) is 19.0 Å². The zero-order valence-corrected chi connectivity index (χ0v) is 10.9. The predicted octanol–water partition coefficient (Wildman–Crippen LogP) is 1.93. The molecule has 3 nitrogen and oxygen atoms in total. The summed E-state index contributed by atoms with van der Waals surface area (Å²) in [7, 11) is 0. The molecule has 0 radical (unpaired) electrons. The van der Waals surface area contributed by atoms with Crippen LogP contribution in [0.15, 0.2) is 24.3 Å². The second-order valence-corrected chi connectivity index (χ2v) is 5.51. The average molecular weight is 262 g/mol. The van der Waals surface area contributed by atoms with E-state index in [9.17, 15) is 9.18 Å². The monoisotopic (exact) mass is 262 g/mol. The van der Waals surface area contributed by atoms with Gasteiger partial charge in [-0.05, 0) is 49.5 Å². The molecule has 0 aliphatic carbocycles. The van der Waals surface area contributed by atoms with Gasteiger partial charge in [-0.1, -0.05) is 12.1 Å². The molecular formula is C15H19FN2O. The fraction of sp³-hybridized carbons (Fsp3) is 0.533. The number of carbonyl (C=O) groups excluding carboxylic acids is 1. The van der Waals surface area contributed by atoms with E-state index in [4.69, 9.17) is 0 Å². The van der Waals surface area contributed by atoms with Crippen molar-refractivity contribution in [3.63, 3.8) is 0 Å². The number of benzene rings is 1. The van der Waals surface area contributed by atoms with Gasteiger partial charge in [0.25, 0.3) is 0 Å². The van der Waals surface area contributed by atoms with E-state index in [0.717, 1.165) is 31.5 Å². The van der Waals surface area contributed by atoms with Crippen LogP contribution < -0.4 is 5.32 Å². The van der Waals surface area contributed by atoms with Crippen LogP contribution >= 0.6 is 0 Å². The fourth-order valence-electron chi connectivity index (χ4n) is 3.24. The molecule has 0 spiro atoms. The van der Waals surface area contributed by atoms with Gasteiger partial charge in [-0.25, -0.2) is 4.39 Å². The molecule has 2 aliphatic heterocycles.